The maximum Gasteiger partial charge on any atom is 0.144 e. The number of nitrogens with zero attached hydrogens (tertiary/aromatic N) is 3. The van der Waals surface area contributed by atoms with Gasteiger partial charge in [-0.1, -0.05) is 29.5 Å². The lowest BCUT2D eigenvalue weighted by Gasteiger charge is -2.37. The molecule has 9 heteroatoms. The summed E-state index contributed by atoms with van der Waals surface area (Å²) in [5.74, 6) is 1.30. The second-order valence-corrected chi connectivity index (χ2v) is 12.5. The average Bonchev–Trinajstić information content (AvgIpc) is 2.82. The number of quaternary nitrogens is 1. The Kier molecular flexibility index (Phi) is 24.7. The van der Waals surface area contributed by atoms with E-state index in [2.05, 4.69) is 74.1 Å². The first-order chi connectivity index (χ1) is 17.0. The van der Waals surface area contributed by atoms with Crippen LogP contribution in [0.5, 0.6) is 0 Å². The zero-order valence-corrected chi connectivity index (χ0v) is 30.6. The fourth-order valence-electron chi connectivity index (χ4n) is 3.89. The lowest BCUT2D eigenvalue weighted by molar-refractivity contribution is -0.909. The zero-order chi connectivity index (χ0) is 29.3. The second-order valence-electron chi connectivity index (χ2n) is 12.5. The molecule has 0 radical (unpaired) electrons. The number of ketones is 3. The summed E-state index contributed by atoms with van der Waals surface area (Å²) in [5.41, 5.74) is 5.59. The number of nitrogens with two attached hydrogens (primary N) is 1. The Bertz CT molecular complexity index is 625. The number of hydrogen-bond donors (Lipinski definition) is 1. The van der Waals surface area contributed by atoms with Crippen LogP contribution in [0.3, 0.4) is 0 Å². The first-order valence-electron chi connectivity index (χ1n) is 14.0. The van der Waals surface area contributed by atoms with Crippen molar-refractivity contribution in [1.29, 1.82) is 0 Å². The third kappa shape index (κ3) is 24.1. The average molecular weight is 767 g/mol. The zero-order valence-electron chi connectivity index (χ0n) is 26.3. The highest BCUT2D eigenvalue weighted by Gasteiger charge is 2.26. The number of Topliss-reactive ketones (excluding diaryl/α,β-unsaturated/α-hetero) is 3. The van der Waals surface area contributed by atoms with E-state index >= 15 is 0 Å². The van der Waals surface area contributed by atoms with Crippen LogP contribution in [-0.2, 0) is 14.4 Å². The molecule has 0 aliphatic carbocycles. The molecule has 3 saturated heterocycles. The van der Waals surface area contributed by atoms with Crippen LogP contribution in [0.25, 0.3) is 0 Å². The van der Waals surface area contributed by atoms with Crippen molar-refractivity contribution in [2.24, 2.45) is 5.73 Å². The molecular weight excluding hydrogens is 706 g/mol. The normalized spacial score (nSPS) is 20.1. The molecule has 0 aromatic rings. The summed E-state index contributed by atoms with van der Waals surface area (Å²) < 4.78 is 1.09. The Hall–Kier alpha value is 0.310. The van der Waals surface area contributed by atoms with E-state index in [1.807, 2.05) is 25.7 Å². The van der Waals surface area contributed by atoms with Gasteiger partial charge in [0, 0.05) is 62.9 Å². The van der Waals surface area contributed by atoms with Crippen molar-refractivity contribution >= 4 is 39.9 Å². The molecule has 0 bridgehead atoms. The second kappa shape index (κ2) is 22.0. The lowest BCUT2D eigenvalue weighted by Crippen LogP contribution is -3.00. The molecule has 0 amide bonds. The topological polar surface area (TPSA) is 83.7 Å². The van der Waals surface area contributed by atoms with Crippen LogP contribution in [0.4, 0.5) is 0 Å². The summed E-state index contributed by atoms with van der Waals surface area (Å²) in [4.78, 5) is 39.1. The third-order valence-electron chi connectivity index (χ3n) is 6.76. The Morgan fingerprint density at radius 1 is 0.737 bits per heavy atom. The molecule has 0 saturated carbocycles. The van der Waals surface area contributed by atoms with E-state index in [1.54, 1.807) is 0 Å². The van der Waals surface area contributed by atoms with Gasteiger partial charge in [-0.2, -0.15) is 0 Å². The molecule has 0 spiro atoms. The van der Waals surface area contributed by atoms with Gasteiger partial charge in [0.05, 0.1) is 39.5 Å². The van der Waals surface area contributed by atoms with Gasteiger partial charge in [0.15, 0.2) is 0 Å². The largest absolute Gasteiger partial charge is 1.00 e. The SMILES string of the molecule is CC(C)(C)N.CC(C)(C)N1CCC(=O)CC1.CCN1CCC(=O)CC1.CC[N+]1(C)CCC(=O)CC1.CI.[I-]. The number of carbonyl (C=O) groups is 3. The van der Waals surface area contributed by atoms with E-state index in [1.165, 1.54) is 0 Å². The summed E-state index contributed by atoms with van der Waals surface area (Å²) in [6.07, 6.45) is 4.63. The third-order valence-corrected chi connectivity index (χ3v) is 6.76. The van der Waals surface area contributed by atoms with Crippen molar-refractivity contribution < 1.29 is 42.8 Å². The van der Waals surface area contributed by atoms with E-state index in [0.717, 1.165) is 95.4 Å². The molecule has 0 unspecified atom stereocenters. The molecule has 228 valence electrons. The van der Waals surface area contributed by atoms with Gasteiger partial charge in [-0.15, -0.1) is 0 Å². The number of alkyl halides is 1. The highest BCUT2D eigenvalue weighted by Crippen LogP contribution is 2.17. The maximum atomic E-state index is 10.9. The van der Waals surface area contributed by atoms with Gasteiger partial charge in [-0.3, -0.25) is 19.3 Å². The van der Waals surface area contributed by atoms with Crippen LogP contribution in [0, 0.1) is 0 Å². The fourth-order valence-corrected chi connectivity index (χ4v) is 3.89. The van der Waals surface area contributed by atoms with Crippen LogP contribution >= 0.6 is 22.6 Å². The number of likely N-dealkylation sites (tertiary alicyclic amines) is 3. The predicted molar refractivity (Wildman–Crippen MR) is 167 cm³/mol. The van der Waals surface area contributed by atoms with Gasteiger partial charge >= 0.3 is 0 Å². The van der Waals surface area contributed by atoms with Crippen molar-refractivity contribution in [3.8, 4) is 0 Å². The van der Waals surface area contributed by atoms with E-state index < -0.39 is 0 Å². The van der Waals surface area contributed by atoms with Gasteiger partial charge in [-0.25, -0.2) is 0 Å². The fraction of sp³-hybridized carbons (Fsp3) is 0.897. The summed E-state index contributed by atoms with van der Waals surface area (Å²) in [5, 5.41) is 0. The predicted octanol–water partition coefficient (Wildman–Crippen LogP) is 1.74. The molecule has 3 rings (SSSR count). The van der Waals surface area contributed by atoms with E-state index in [0.29, 0.717) is 17.3 Å². The minimum Gasteiger partial charge on any atom is -1.00 e. The van der Waals surface area contributed by atoms with E-state index in [9.17, 15) is 14.4 Å². The Labute approximate surface area is 266 Å². The van der Waals surface area contributed by atoms with Crippen LogP contribution in [0.1, 0.15) is 93.9 Å². The Morgan fingerprint density at radius 3 is 1.34 bits per heavy atom. The van der Waals surface area contributed by atoms with Crippen molar-refractivity contribution in [3.63, 3.8) is 0 Å². The van der Waals surface area contributed by atoms with Crippen LogP contribution in [-0.4, -0.2) is 107 Å². The summed E-state index contributed by atoms with van der Waals surface area (Å²) in [6.45, 7) is 25.0. The van der Waals surface area contributed by atoms with Gasteiger partial charge in [0.1, 0.15) is 17.3 Å². The number of piperidine rings is 3. The number of rotatable bonds is 2. The van der Waals surface area contributed by atoms with Gasteiger partial charge in [0.25, 0.3) is 0 Å². The summed E-state index contributed by atoms with van der Waals surface area (Å²) in [6, 6.07) is 0. The molecule has 7 nitrogen and oxygen atoms in total. The highest BCUT2D eigenvalue weighted by atomic mass is 127. The van der Waals surface area contributed by atoms with Crippen molar-refractivity contribution in [3.05, 3.63) is 0 Å². The monoisotopic (exact) mass is 766 g/mol. The molecular formula is C29H60I2N4O3. The summed E-state index contributed by atoms with van der Waals surface area (Å²) in [7, 11) is 2.23. The minimum atomic E-state index is 0. The number of halogens is 2. The van der Waals surface area contributed by atoms with Crippen molar-refractivity contribution in [1.82, 2.24) is 9.80 Å². The first-order valence-corrected chi connectivity index (χ1v) is 16.2. The first kappa shape index (κ1) is 42.8. The molecule has 38 heavy (non-hydrogen) atoms. The van der Waals surface area contributed by atoms with E-state index in [-0.39, 0.29) is 35.1 Å². The quantitative estimate of drug-likeness (QED) is 0.262. The molecule has 3 aliphatic heterocycles. The van der Waals surface area contributed by atoms with Crippen LogP contribution < -0.4 is 29.7 Å². The summed E-state index contributed by atoms with van der Waals surface area (Å²) >= 11 is 2.15. The molecule has 0 atom stereocenters. The smallest absolute Gasteiger partial charge is 0.144 e. The number of carbonyl (C=O) groups excluding carboxylic acids is 3. The van der Waals surface area contributed by atoms with Gasteiger partial charge in [-0.05, 0) is 59.9 Å². The van der Waals surface area contributed by atoms with Gasteiger partial charge < -0.3 is 39.1 Å². The molecule has 3 fully saturated rings. The standard InChI is InChI=1S/C9H17NO.C8H16NO.C7H13NO.C4H11N.CH3I.HI/c1-9(2,3)10-6-4-8(11)5-7-10;1-3-9(2)6-4-8(10)5-7-9;1-2-8-5-3-7(9)4-6-8;1-4(2,3)5;1-2;/h4-7H2,1-3H3;3-7H2,1-2H3;2-6H2,1H3;5H2,1-3H3;1H3;1H/q;+1;;;;/p-1. The van der Waals surface area contributed by atoms with Crippen LogP contribution in [0.15, 0.2) is 0 Å². The molecule has 0 aromatic carbocycles. The number of hydrogen-bond acceptors (Lipinski definition) is 6. The maximum absolute atomic E-state index is 10.9. The van der Waals surface area contributed by atoms with Gasteiger partial charge in [0.2, 0.25) is 0 Å². The lowest BCUT2D eigenvalue weighted by atomic mass is 10.0. The molecule has 2 N–H and O–H groups in total. The molecule has 3 aliphatic rings. The Morgan fingerprint density at radius 2 is 1.05 bits per heavy atom. The van der Waals surface area contributed by atoms with Crippen LogP contribution in [0.2, 0.25) is 0 Å². The van der Waals surface area contributed by atoms with Crippen molar-refractivity contribution in [2.75, 3.05) is 64.3 Å². The molecule has 3 heterocycles. The molecule has 0 aromatic heterocycles. The van der Waals surface area contributed by atoms with Crippen molar-refractivity contribution in [2.45, 2.75) is 105 Å². The minimum absolute atomic E-state index is 0. The van der Waals surface area contributed by atoms with E-state index in [4.69, 9.17) is 5.73 Å². The highest BCUT2D eigenvalue weighted by molar-refractivity contribution is 14.1. The Balaban J connectivity index is -0.000000428.